The first-order chi connectivity index (χ1) is 14.1. The maximum atomic E-state index is 12.9. The van der Waals surface area contributed by atoms with Gasteiger partial charge in [0.2, 0.25) is 11.0 Å². The van der Waals surface area contributed by atoms with Crippen molar-refractivity contribution in [3.63, 3.8) is 0 Å². The van der Waals surface area contributed by atoms with Crippen LogP contribution in [0.3, 0.4) is 0 Å². The molecule has 0 bridgehead atoms. The number of benzene rings is 2. The Bertz CT molecular complexity index is 1200. The van der Waals surface area contributed by atoms with Crippen molar-refractivity contribution in [2.24, 2.45) is 0 Å². The number of rotatable bonds is 4. The van der Waals surface area contributed by atoms with Gasteiger partial charge in [-0.05, 0) is 56.4 Å². The molecule has 1 N–H and O–H groups in total. The number of nitrogens with one attached hydrogen (secondary N) is 1. The van der Waals surface area contributed by atoms with Gasteiger partial charge in [0.25, 0.3) is 0 Å². The summed E-state index contributed by atoms with van der Waals surface area (Å²) in [7, 11) is 0. The van der Waals surface area contributed by atoms with Gasteiger partial charge in [-0.2, -0.15) is 9.78 Å². The maximum Gasteiger partial charge on any atom is 0.229 e. The Morgan fingerprint density at radius 3 is 2.90 bits per heavy atom. The number of anilines is 1. The van der Waals surface area contributed by atoms with E-state index in [1.165, 1.54) is 5.56 Å². The van der Waals surface area contributed by atoms with Crippen molar-refractivity contribution in [2.45, 2.75) is 39.5 Å². The van der Waals surface area contributed by atoms with Gasteiger partial charge in [-0.3, -0.25) is 4.79 Å². The van der Waals surface area contributed by atoms with E-state index < -0.39 is 0 Å². The predicted octanol–water partition coefficient (Wildman–Crippen LogP) is 4.77. The van der Waals surface area contributed by atoms with Crippen molar-refractivity contribution < 1.29 is 4.79 Å². The van der Waals surface area contributed by atoms with Gasteiger partial charge in [-0.15, -0.1) is 0 Å². The Balaban J connectivity index is 1.49. The number of hydrogen-bond donors (Lipinski definition) is 1. The highest BCUT2D eigenvalue weighted by molar-refractivity contribution is 7.20. The molecule has 1 aliphatic carbocycles. The lowest BCUT2D eigenvalue weighted by atomic mass is 10.0. The van der Waals surface area contributed by atoms with Crippen LogP contribution in [-0.4, -0.2) is 20.7 Å². The predicted molar refractivity (Wildman–Crippen MR) is 117 cm³/mol. The van der Waals surface area contributed by atoms with Crippen LogP contribution in [-0.2, 0) is 24.1 Å². The molecule has 0 aliphatic heterocycles. The third-order valence-corrected chi connectivity index (χ3v) is 6.50. The van der Waals surface area contributed by atoms with Crippen LogP contribution in [0, 0.1) is 13.8 Å². The monoisotopic (exact) mass is 402 g/mol. The van der Waals surface area contributed by atoms with E-state index in [0.717, 1.165) is 62.8 Å². The molecule has 0 radical (unpaired) electrons. The minimum absolute atomic E-state index is 0.0179. The highest BCUT2D eigenvalue weighted by Gasteiger charge is 2.25. The van der Waals surface area contributed by atoms with E-state index in [2.05, 4.69) is 36.5 Å². The lowest BCUT2D eigenvalue weighted by Crippen LogP contribution is -2.18. The summed E-state index contributed by atoms with van der Waals surface area (Å²) in [5, 5.41) is 8.75. The number of amides is 1. The maximum absolute atomic E-state index is 12.9. The minimum Gasteiger partial charge on any atom is -0.310 e. The number of carbonyl (C=O) groups excluding carboxylic acids is 1. The van der Waals surface area contributed by atoms with Crippen LogP contribution >= 0.6 is 11.3 Å². The summed E-state index contributed by atoms with van der Waals surface area (Å²) in [6.45, 7) is 4.10. The van der Waals surface area contributed by atoms with E-state index in [1.54, 1.807) is 11.3 Å². The number of aromatic nitrogens is 3. The number of aryl methyl sites for hydroxylation is 3. The number of para-hydroxylation sites is 1. The molecular weight excluding hydrogens is 380 g/mol. The molecule has 1 amide bonds. The van der Waals surface area contributed by atoms with Gasteiger partial charge >= 0.3 is 0 Å². The van der Waals surface area contributed by atoms with Crippen LogP contribution in [0.15, 0.2) is 42.5 Å². The quantitative estimate of drug-likeness (QED) is 0.535. The second kappa shape index (κ2) is 7.12. The summed E-state index contributed by atoms with van der Waals surface area (Å²) in [5.74, 6) is 0.766. The molecular formula is C23H22N4OS. The normalized spacial score (nSPS) is 13.0. The van der Waals surface area contributed by atoms with Crippen LogP contribution < -0.4 is 5.32 Å². The van der Waals surface area contributed by atoms with Crippen molar-refractivity contribution in [3.8, 4) is 5.13 Å². The molecule has 0 fully saturated rings. The van der Waals surface area contributed by atoms with Gasteiger partial charge in [-0.1, -0.05) is 47.2 Å². The van der Waals surface area contributed by atoms with Gasteiger partial charge in [-0.25, -0.2) is 4.98 Å². The van der Waals surface area contributed by atoms with E-state index in [9.17, 15) is 4.79 Å². The fraction of sp³-hybridized carbons (Fsp3) is 0.261. The smallest absolute Gasteiger partial charge is 0.229 e. The van der Waals surface area contributed by atoms with Crippen molar-refractivity contribution in [3.05, 3.63) is 70.4 Å². The molecule has 2 heterocycles. The van der Waals surface area contributed by atoms with Gasteiger partial charge in [0.05, 0.1) is 22.3 Å². The highest BCUT2D eigenvalue weighted by atomic mass is 32.1. The first kappa shape index (κ1) is 18.1. The Morgan fingerprint density at radius 1 is 1.17 bits per heavy atom. The molecule has 4 aromatic rings. The molecule has 6 heteroatoms. The minimum atomic E-state index is -0.0179. The lowest BCUT2D eigenvalue weighted by Gasteiger charge is -2.11. The number of nitrogens with zero attached hydrogens (tertiary/aromatic N) is 3. The molecule has 0 saturated carbocycles. The first-order valence-corrected chi connectivity index (χ1v) is 10.7. The zero-order valence-electron chi connectivity index (χ0n) is 16.5. The van der Waals surface area contributed by atoms with E-state index in [-0.39, 0.29) is 5.91 Å². The number of carbonyl (C=O) groups is 1. The van der Waals surface area contributed by atoms with Crippen LogP contribution in [0.25, 0.3) is 15.3 Å². The molecule has 0 saturated heterocycles. The van der Waals surface area contributed by atoms with Crippen LogP contribution in [0.5, 0.6) is 0 Å². The Hall–Kier alpha value is -2.99. The molecule has 2 aromatic carbocycles. The topological polar surface area (TPSA) is 59.8 Å². The van der Waals surface area contributed by atoms with Crippen molar-refractivity contribution in [1.82, 2.24) is 14.8 Å². The number of fused-ring (bicyclic) bond motifs is 2. The molecule has 0 spiro atoms. The van der Waals surface area contributed by atoms with Gasteiger partial charge in [0.15, 0.2) is 0 Å². The summed E-state index contributed by atoms with van der Waals surface area (Å²) < 4.78 is 2.95. The van der Waals surface area contributed by atoms with Crippen molar-refractivity contribution >= 4 is 33.3 Å². The number of thiazole rings is 1. The van der Waals surface area contributed by atoms with E-state index >= 15 is 0 Å². The summed E-state index contributed by atoms with van der Waals surface area (Å²) in [5.41, 5.74) is 6.54. The second-order valence-electron chi connectivity index (χ2n) is 7.66. The van der Waals surface area contributed by atoms with Gasteiger partial charge < -0.3 is 5.32 Å². The largest absolute Gasteiger partial charge is 0.310 e. The fourth-order valence-corrected chi connectivity index (χ4v) is 4.87. The summed E-state index contributed by atoms with van der Waals surface area (Å²) in [4.78, 5) is 17.7. The third-order valence-electron chi connectivity index (χ3n) is 5.48. The Labute approximate surface area is 173 Å². The molecule has 29 heavy (non-hydrogen) atoms. The highest BCUT2D eigenvalue weighted by Crippen LogP contribution is 2.33. The summed E-state index contributed by atoms with van der Waals surface area (Å²) in [6, 6.07) is 14.3. The summed E-state index contributed by atoms with van der Waals surface area (Å²) >= 11 is 1.59. The van der Waals surface area contributed by atoms with Crippen LogP contribution in [0.4, 0.5) is 5.82 Å². The lowest BCUT2D eigenvalue weighted by molar-refractivity contribution is -0.115. The zero-order valence-corrected chi connectivity index (χ0v) is 17.3. The van der Waals surface area contributed by atoms with E-state index in [0.29, 0.717) is 6.42 Å². The zero-order chi connectivity index (χ0) is 20.0. The van der Waals surface area contributed by atoms with Crippen molar-refractivity contribution in [1.29, 1.82) is 0 Å². The molecule has 5 nitrogen and oxygen atoms in total. The molecule has 0 unspecified atom stereocenters. The Kier molecular flexibility index (Phi) is 4.43. The SMILES string of the molecule is Cc1ccc(C)c(CC(=O)Nc2c3c(nn2-c2nc4ccccc4s2)CCC3)c1. The van der Waals surface area contributed by atoms with E-state index in [4.69, 9.17) is 10.1 Å². The molecule has 1 aliphatic rings. The van der Waals surface area contributed by atoms with Gasteiger partial charge in [0.1, 0.15) is 5.82 Å². The molecule has 2 aromatic heterocycles. The standard InChI is InChI=1S/C23H22N4OS/c1-14-10-11-15(2)16(12-14)13-21(28)25-22-17-6-5-8-18(17)26-27(22)23-24-19-7-3-4-9-20(19)29-23/h3-4,7,9-12H,5-6,8,13H2,1-2H3,(H,25,28). The first-order valence-electron chi connectivity index (χ1n) is 9.91. The van der Waals surface area contributed by atoms with Gasteiger partial charge in [0, 0.05) is 5.56 Å². The van der Waals surface area contributed by atoms with Crippen LogP contribution in [0.1, 0.15) is 34.4 Å². The molecule has 0 atom stereocenters. The summed E-state index contributed by atoms with van der Waals surface area (Å²) in [6.07, 6.45) is 3.33. The average molecular weight is 403 g/mol. The second-order valence-corrected chi connectivity index (χ2v) is 8.67. The third kappa shape index (κ3) is 3.34. The Morgan fingerprint density at radius 2 is 2.03 bits per heavy atom. The van der Waals surface area contributed by atoms with Crippen molar-refractivity contribution in [2.75, 3.05) is 5.32 Å². The molecule has 5 rings (SSSR count). The molecule has 146 valence electrons. The van der Waals surface area contributed by atoms with E-state index in [1.807, 2.05) is 29.8 Å². The van der Waals surface area contributed by atoms with Crippen LogP contribution in [0.2, 0.25) is 0 Å². The fourth-order valence-electron chi connectivity index (χ4n) is 3.95. The number of hydrogen-bond acceptors (Lipinski definition) is 4. The average Bonchev–Trinajstić information content (AvgIpc) is 3.39.